The number of hydrogen-bond acceptors (Lipinski definition) is 4. The number of guanidine groups is 1. The van der Waals surface area contributed by atoms with Gasteiger partial charge in [-0.1, -0.05) is 54.5 Å². The summed E-state index contributed by atoms with van der Waals surface area (Å²) in [6, 6.07) is 14.6. The van der Waals surface area contributed by atoms with Crippen LogP contribution in [-0.4, -0.2) is 34.2 Å². The van der Waals surface area contributed by atoms with Gasteiger partial charge in [-0.15, -0.1) is 0 Å². The smallest absolute Gasteiger partial charge is 0.259 e. The highest BCUT2D eigenvalue weighted by Crippen LogP contribution is 2.34. The van der Waals surface area contributed by atoms with Gasteiger partial charge >= 0.3 is 0 Å². The molecule has 6 nitrogen and oxygen atoms in total. The number of aliphatic hydroxyl groups excluding tert-OH is 1. The lowest BCUT2D eigenvalue weighted by Crippen LogP contribution is -2.40. The fraction of sp³-hybridized carbons (Fsp3) is 0.333. The van der Waals surface area contributed by atoms with Crippen molar-refractivity contribution < 1.29 is 14.0 Å². The standard InChI is InChI=1S/C24H27FN4O2/c1-16(18-10-11-19(21(25)14-18)17-8-4-2-5-9-17)22-20(15-30)23(31-28-22)27-24(26)29-12-6-3-7-13-29/h2,4-5,8-11,14,16,30H,3,6-7,12-13,15H2,1H3,(H2,26,27). The molecule has 4 rings (SSSR count). The molecule has 31 heavy (non-hydrogen) atoms. The maximum Gasteiger partial charge on any atom is 0.259 e. The highest BCUT2D eigenvalue weighted by molar-refractivity contribution is 5.80. The second kappa shape index (κ2) is 9.31. The molecule has 1 aliphatic heterocycles. The molecule has 1 aliphatic rings. The van der Waals surface area contributed by atoms with Crippen molar-refractivity contribution in [3.8, 4) is 11.1 Å². The van der Waals surface area contributed by atoms with Crippen LogP contribution in [-0.2, 0) is 6.61 Å². The van der Waals surface area contributed by atoms with Crippen LogP contribution in [0.2, 0.25) is 0 Å². The molecule has 0 amide bonds. The van der Waals surface area contributed by atoms with Crippen molar-refractivity contribution in [3.63, 3.8) is 0 Å². The molecule has 0 spiro atoms. The van der Waals surface area contributed by atoms with Gasteiger partial charge in [-0.25, -0.2) is 4.39 Å². The van der Waals surface area contributed by atoms with E-state index in [-0.39, 0.29) is 24.2 Å². The lowest BCUT2D eigenvalue weighted by Gasteiger charge is -2.27. The molecule has 1 unspecified atom stereocenters. The minimum absolute atomic E-state index is 0.203. The van der Waals surface area contributed by atoms with Gasteiger partial charge in [-0.2, -0.15) is 4.99 Å². The zero-order valence-corrected chi connectivity index (χ0v) is 17.6. The summed E-state index contributed by atoms with van der Waals surface area (Å²) in [7, 11) is 0. The molecule has 1 aromatic heterocycles. The van der Waals surface area contributed by atoms with Crippen LogP contribution in [0.25, 0.3) is 11.1 Å². The molecule has 162 valence electrons. The van der Waals surface area contributed by atoms with E-state index in [1.165, 1.54) is 12.5 Å². The quantitative estimate of drug-likeness (QED) is 0.465. The normalized spacial score (nSPS) is 15.8. The van der Waals surface area contributed by atoms with Crippen LogP contribution in [0.3, 0.4) is 0 Å². The summed E-state index contributed by atoms with van der Waals surface area (Å²) < 4.78 is 20.3. The van der Waals surface area contributed by atoms with Crippen molar-refractivity contribution in [1.29, 1.82) is 0 Å². The maximum atomic E-state index is 14.8. The van der Waals surface area contributed by atoms with Crippen molar-refractivity contribution in [3.05, 3.63) is 71.2 Å². The van der Waals surface area contributed by atoms with Gasteiger partial charge in [-0.3, -0.25) is 0 Å². The predicted molar refractivity (Wildman–Crippen MR) is 118 cm³/mol. The van der Waals surface area contributed by atoms with Crippen molar-refractivity contribution in [2.45, 2.75) is 38.7 Å². The van der Waals surface area contributed by atoms with Gasteiger partial charge in [0.1, 0.15) is 5.82 Å². The van der Waals surface area contributed by atoms with Crippen LogP contribution in [0.1, 0.15) is 48.9 Å². The van der Waals surface area contributed by atoms with Crippen LogP contribution >= 0.6 is 0 Å². The van der Waals surface area contributed by atoms with Crippen molar-refractivity contribution >= 4 is 11.8 Å². The summed E-state index contributed by atoms with van der Waals surface area (Å²) in [4.78, 5) is 6.39. The van der Waals surface area contributed by atoms with Gasteiger partial charge in [0.15, 0.2) is 5.96 Å². The highest BCUT2D eigenvalue weighted by Gasteiger charge is 2.23. The number of benzene rings is 2. The molecule has 1 fully saturated rings. The molecule has 2 heterocycles. The lowest BCUT2D eigenvalue weighted by molar-refractivity contribution is 0.280. The molecule has 0 radical (unpaired) electrons. The topological polar surface area (TPSA) is 87.9 Å². The molecule has 3 aromatic rings. The molecule has 2 aromatic carbocycles. The van der Waals surface area contributed by atoms with E-state index in [1.807, 2.05) is 48.2 Å². The number of likely N-dealkylation sites (tertiary alicyclic amines) is 1. The average Bonchev–Trinajstić information content (AvgIpc) is 3.22. The Morgan fingerprint density at radius 3 is 2.61 bits per heavy atom. The van der Waals surface area contributed by atoms with Crippen LogP contribution in [0, 0.1) is 5.82 Å². The van der Waals surface area contributed by atoms with Crippen molar-refractivity contribution in [2.24, 2.45) is 10.7 Å². The number of aliphatic imine (C=N–C) groups is 1. The Bertz CT molecular complexity index is 1060. The second-order valence-electron chi connectivity index (χ2n) is 7.85. The first-order valence-corrected chi connectivity index (χ1v) is 10.6. The number of piperidine rings is 1. The zero-order valence-electron chi connectivity index (χ0n) is 17.6. The first-order chi connectivity index (χ1) is 15.1. The van der Waals surface area contributed by atoms with Gasteiger partial charge in [0, 0.05) is 24.6 Å². The molecule has 0 bridgehead atoms. The molecule has 7 heteroatoms. The molecule has 0 saturated carbocycles. The fourth-order valence-electron chi connectivity index (χ4n) is 4.00. The monoisotopic (exact) mass is 422 g/mol. The summed E-state index contributed by atoms with van der Waals surface area (Å²) in [5.41, 5.74) is 9.25. The van der Waals surface area contributed by atoms with E-state index in [0.29, 0.717) is 22.8 Å². The largest absolute Gasteiger partial charge is 0.391 e. The van der Waals surface area contributed by atoms with E-state index >= 15 is 0 Å². The van der Waals surface area contributed by atoms with Gasteiger partial charge in [0.2, 0.25) is 0 Å². The number of aromatic nitrogens is 1. The Kier molecular flexibility index (Phi) is 6.32. The molecule has 1 saturated heterocycles. The predicted octanol–water partition coefficient (Wildman–Crippen LogP) is 4.56. The van der Waals surface area contributed by atoms with E-state index in [9.17, 15) is 9.50 Å². The maximum absolute atomic E-state index is 14.8. The van der Waals surface area contributed by atoms with Gasteiger partial charge in [0.25, 0.3) is 5.88 Å². The fourth-order valence-corrected chi connectivity index (χ4v) is 4.00. The number of nitrogens with zero attached hydrogens (tertiary/aromatic N) is 3. The summed E-state index contributed by atoms with van der Waals surface area (Å²) in [6.45, 7) is 3.32. The second-order valence-corrected chi connectivity index (χ2v) is 7.85. The minimum Gasteiger partial charge on any atom is -0.391 e. The molecule has 1 atom stereocenters. The first-order valence-electron chi connectivity index (χ1n) is 10.6. The van der Waals surface area contributed by atoms with Crippen LogP contribution in [0.4, 0.5) is 10.3 Å². The Balaban J connectivity index is 1.60. The zero-order chi connectivity index (χ0) is 21.8. The average molecular weight is 423 g/mol. The van der Waals surface area contributed by atoms with E-state index < -0.39 is 0 Å². The Hall–Kier alpha value is -3.19. The van der Waals surface area contributed by atoms with Crippen molar-refractivity contribution in [1.82, 2.24) is 10.1 Å². The third-order valence-corrected chi connectivity index (χ3v) is 5.84. The Morgan fingerprint density at radius 2 is 1.94 bits per heavy atom. The summed E-state index contributed by atoms with van der Waals surface area (Å²) in [5, 5.41) is 14.1. The van der Waals surface area contributed by atoms with Crippen LogP contribution in [0.15, 0.2) is 58.0 Å². The number of hydrogen-bond donors (Lipinski definition) is 2. The SMILES string of the molecule is CC(c1ccc(-c2ccccc2)c(F)c1)c1noc(N=C(N)N2CCCCC2)c1CO. The number of halogens is 1. The van der Waals surface area contributed by atoms with Gasteiger partial charge in [-0.05, 0) is 36.5 Å². The van der Waals surface area contributed by atoms with E-state index in [1.54, 1.807) is 6.07 Å². The first kappa shape index (κ1) is 21.1. The van der Waals surface area contributed by atoms with Gasteiger partial charge in [0.05, 0.1) is 17.9 Å². The Labute approximate surface area is 181 Å². The van der Waals surface area contributed by atoms with Crippen LogP contribution in [0.5, 0.6) is 0 Å². The summed E-state index contributed by atoms with van der Waals surface area (Å²) in [6.07, 6.45) is 3.34. The molecule has 0 aliphatic carbocycles. The minimum atomic E-state index is -0.308. The van der Waals surface area contributed by atoms with E-state index in [4.69, 9.17) is 10.3 Å². The molecular formula is C24H27FN4O2. The Morgan fingerprint density at radius 1 is 1.19 bits per heavy atom. The third-order valence-electron chi connectivity index (χ3n) is 5.84. The van der Waals surface area contributed by atoms with Gasteiger partial charge < -0.3 is 20.3 Å². The highest BCUT2D eigenvalue weighted by atomic mass is 19.1. The summed E-state index contributed by atoms with van der Waals surface area (Å²) >= 11 is 0. The molecular weight excluding hydrogens is 395 g/mol. The lowest BCUT2D eigenvalue weighted by atomic mass is 9.93. The van der Waals surface area contributed by atoms with Crippen molar-refractivity contribution in [2.75, 3.05) is 13.1 Å². The van der Waals surface area contributed by atoms with Crippen LogP contribution < -0.4 is 5.73 Å². The summed E-state index contributed by atoms with van der Waals surface area (Å²) in [5.74, 6) is -0.0284. The number of aliphatic hydroxyl groups is 1. The van der Waals surface area contributed by atoms with E-state index in [0.717, 1.165) is 37.1 Å². The number of nitrogens with two attached hydrogens (primary N) is 1. The number of rotatable bonds is 5. The van der Waals surface area contributed by atoms with E-state index in [2.05, 4.69) is 10.1 Å². The third kappa shape index (κ3) is 4.46. The molecule has 3 N–H and O–H groups in total.